The van der Waals surface area contributed by atoms with Crippen LogP contribution in [0.3, 0.4) is 0 Å². The van der Waals surface area contributed by atoms with Crippen molar-refractivity contribution in [3.63, 3.8) is 0 Å². The lowest BCUT2D eigenvalue weighted by Crippen LogP contribution is -2.42. The molecule has 0 spiro atoms. The van der Waals surface area contributed by atoms with Crippen molar-refractivity contribution in [1.29, 1.82) is 0 Å². The fourth-order valence-corrected chi connectivity index (χ4v) is 2.51. The third-order valence-electron chi connectivity index (χ3n) is 2.85. The Morgan fingerprint density at radius 3 is 2.44 bits per heavy atom. The molecule has 2 rings (SSSR count). The molecule has 2 N–H and O–H groups in total. The summed E-state index contributed by atoms with van der Waals surface area (Å²) in [5, 5.41) is 0.484. The summed E-state index contributed by atoms with van der Waals surface area (Å²) in [6, 6.07) is 8.35. The van der Waals surface area contributed by atoms with E-state index in [2.05, 4.69) is 15.8 Å². The number of nitrogens with zero attached hydrogens (tertiary/aromatic N) is 1. The summed E-state index contributed by atoms with van der Waals surface area (Å²) in [4.78, 5) is 27.1. The molecule has 0 atom stereocenters. The van der Waals surface area contributed by atoms with E-state index in [0.29, 0.717) is 6.20 Å². The Morgan fingerprint density at radius 1 is 1.12 bits per heavy atom. The highest BCUT2D eigenvalue weighted by molar-refractivity contribution is 7.99. The van der Waals surface area contributed by atoms with Gasteiger partial charge in [0.15, 0.2) is 0 Å². The molecular formula is C15H11ClF3N3O2S. The number of hydrogen-bond acceptors (Lipinski definition) is 4. The average Bonchev–Trinajstić information content (AvgIpc) is 2.58. The molecule has 0 aliphatic carbocycles. The summed E-state index contributed by atoms with van der Waals surface area (Å²) in [6.45, 7) is 0. The van der Waals surface area contributed by atoms with Gasteiger partial charge in [0.2, 0.25) is 5.91 Å². The van der Waals surface area contributed by atoms with Gasteiger partial charge in [0, 0.05) is 6.20 Å². The van der Waals surface area contributed by atoms with Gasteiger partial charge in [-0.15, -0.1) is 0 Å². The number of benzene rings is 1. The number of hydrazine groups is 1. The highest BCUT2D eigenvalue weighted by Crippen LogP contribution is 2.29. The number of thioether (sulfide) groups is 1. The van der Waals surface area contributed by atoms with Gasteiger partial charge in [-0.2, -0.15) is 13.2 Å². The highest BCUT2D eigenvalue weighted by Gasteiger charge is 2.30. The maximum absolute atomic E-state index is 12.4. The van der Waals surface area contributed by atoms with E-state index >= 15 is 0 Å². The van der Waals surface area contributed by atoms with Crippen LogP contribution in [0.25, 0.3) is 0 Å². The zero-order chi connectivity index (χ0) is 18.4. The second kappa shape index (κ2) is 8.21. The number of nitrogens with one attached hydrogen (secondary N) is 2. The van der Waals surface area contributed by atoms with Crippen LogP contribution in [0.1, 0.15) is 15.9 Å². The zero-order valence-electron chi connectivity index (χ0n) is 12.4. The van der Waals surface area contributed by atoms with Crippen LogP contribution < -0.4 is 10.9 Å². The van der Waals surface area contributed by atoms with Crippen molar-refractivity contribution in [2.75, 3.05) is 5.75 Å². The fraction of sp³-hybridized carbons (Fsp3) is 0.133. The van der Waals surface area contributed by atoms with Crippen LogP contribution >= 0.6 is 23.4 Å². The molecule has 0 fully saturated rings. The lowest BCUT2D eigenvalue weighted by atomic mass is 10.2. The Morgan fingerprint density at radius 2 is 1.84 bits per heavy atom. The molecule has 0 aliphatic heterocycles. The number of alkyl halides is 3. The molecule has 25 heavy (non-hydrogen) atoms. The predicted molar refractivity (Wildman–Crippen MR) is 87.0 cm³/mol. The first-order chi connectivity index (χ1) is 11.8. The molecule has 10 heteroatoms. The Labute approximate surface area is 149 Å². The van der Waals surface area contributed by atoms with Crippen LogP contribution in [0, 0.1) is 0 Å². The summed E-state index contributed by atoms with van der Waals surface area (Å²) in [5.41, 5.74) is 3.72. The molecule has 0 radical (unpaired) electrons. The van der Waals surface area contributed by atoms with E-state index in [1.54, 1.807) is 12.1 Å². The quantitative estimate of drug-likeness (QED) is 0.621. The highest BCUT2D eigenvalue weighted by atomic mass is 35.5. The smallest absolute Gasteiger partial charge is 0.272 e. The minimum absolute atomic E-state index is 0.138. The monoisotopic (exact) mass is 389 g/mol. The van der Waals surface area contributed by atoms with Crippen LogP contribution in [0.2, 0.25) is 5.02 Å². The molecule has 132 valence electrons. The van der Waals surface area contributed by atoms with Gasteiger partial charge in [0.1, 0.15) is 0 Å². The standard InChI is InChI=1S/C15H11ClF3N3O2S/c16-11-4-2-1-3-10(11)14(24)22-21-12(23)8-25-13-6-5-9(7-20-13)15(17,18)19/h1-7H,8H2,(H,21,23)(H,22,24). The second-order valence-electron chi connectivity index (χ2n) is 4.65. The first kappa shape index (κ1) is 19.1. The summed E-state index contributed by atoms with van der Waals surface area (Å²) < 4.78 is 37.3. The van der Waals surface area contributed by atoms with Crippen molar-refractivity contribution in [1.82, 2.24) is 15.8 Å². The number of carbonyl (C=O) groups excluding carboxylic acids is 2. The van der Waals surface area contributed by atoms with Crippen LogP contribution in [0.4, 0.5) is 13.2 Å². The van der Waals surface area contributed by atoms with Gasteiger partial charge in [-0.05, 0) is 24.3 Å². The third-order valence-corrected chi connectivity index (χ3v) is 4.12. The summed E-state index contributed by atoms with van der Waals surface area (Å²) >= 11 is 6.79. The van der Waals surface area contributed by atoms with Gasteiger partial charge >= 0.3 is 6.18 Å². The van der Waals surface area contributed by atoms with Crippen molar-refractivity contribution < 1.29 is 22.8 Å². The molecule has 2 amide bonds. The van der Waals surface area contributed by atoms with Crippen molar-refractivity contribution in [2.45, 2.75) is 11.2 Å². The van der Waals surface area contributed by atoms with Crippen LogP contribution in [0.15, 0.2) is 47.6 Å². The largest absolute Gasteiger partial charge is 0.417 e. The first-order valence-corrected chi connectivity index (χ1v) is 8.13. The normalized spacial score (nSPS) is 11.0. The van der Waals surface area contributed by atoms with E-state index in [9.17, 15) is 22.8 Å². The van der Waals surface area contributed by atoms with Crippen LogP contribution in [0.5, 0.6) is 0 Å². The topological polar surface area (TPSA) is 71.1 Å². The molecule has 2 aromatic rings. The molecule has 0 unspecified atom stereocenters. The van der Waals surface area contributed by atoms with E-state index in [0.717, 1.165) is 17.8 Å². The molecule has 1 aromatic heterocycles. The molecule has 1 heterocycles. The molecule has 1 aromatic carbocycles. The molecule has 0 aliphatic rings. The summed E-state index contributed by atoms with van der Waals surface area (Å²) in [7, 11) is 0. The van der Waals surface area contributed by atoms with Gasteiger partial charge in [-0.25, -0.2) is 4.98 Å². The Kier molecular flexibility index (Phi) is 6.27. The summed E-state index contributed by atoms with van der Waals surface area (Å²) in [6.07, 6.45) is -3.77. The van der Waals surface area contributed by atoms with Crippen LogP contribution in [-0.4, -0.2) is 22.6 Å². The van der Waals surface area contributed by atoms with Gasteiger partial charge in [-0.1, -0.05) is 35.5 Å². The third kappa shape index (κ3) is 5.64. The molecule has 0 bridgehead atoms. The van der Waals surface area contributed by atoms with Crippen molar-refractivity contribution in [3.05, 3.63) is 58.7 Å². The zero-order valence-corrected chi connectivity index (χ0v) is 14.0. The van der Waals surface area contributed by atoms with Crippen molar-refractivity contribution in [3.8, 4) is 0 Å². The van der Waals surface area contributed by atoms with Crippen molar-refractivity contribution >= 4 is 35.2 Å². The molecule has 0 saturated heterocycles. The number of halogens is 4. The minimum atomic E-state index is -4.46. The van der Waals surface area contributed by atoms with E-state index in [1.165, 1.54) is 18.2 Å². The number of aromatic nitrogens is 1. The van der Waals surface area contributed by atoms with E-state index < -0.39 is 23.6 Å². The van der Waals surface area contributed by atoms with Gasteiger partial charge in [0.05, 0.1) is 26.9 Å². The number of pyridine rings is 1. The number of rotatable bonds is 4. The maximum Gasteiger partial charge on any atom is 0.417 e. The lowest BCUT2D eigenvalue weighted by Gasteiger charge is -2.09. The summed E-state index contributed by atoms with van der Waals surface area (Å²) in [5.74, 6) is -1.27. The Balaban J connectivity index is 1.81. The Bertz CT molecular complexity index is 769. The van der Waals surface area contributed by atoms with Crippen molar-refractivity contribution in [2.24, 2.45) is 0 Å². The van der Waals surface area contributed by atoms with Crippen LogP contribution in [-0.2, 0) is 11.0 Å². The minimum Gasteiger partial charge on any atom is -0.272 e. The van der Waals surface area contributed by atoms with Gasteiger partial charge in [0.25, 0.3) is 5.91 Å². The van der Waals surface area contributed by atoms with E-state index in [1.807, 2.05) is 0 Å². The molecule has 5 nitrogen and oxygen atoms in total. The SMILES string of the molecule is O=C(CSc1ccc(C(F)(F)F)cn1)NNC(=O)c1ccccc1Cl. The fourth-order valence-electron chi connectivity index (χ4n) is 1.65. The second-order valence-corrected chi connectivity index (χ2v) is 6.06. The van der Waals surface area contributed by atoms with E-state index in [-0.39, 0.29) is 21.4 Å². The van der Waals surface area contributed by atoms with E-state index in [4.69, 9.17) is 11.6 Å². The Hall–Kier alpha value is -2.26. The number of hydrogen-bond donors (Lipinski definition) is 2. The average molecular weight is 390 g/mol. The predicted octanol–water partition coefficient (Wildman–Crippen LogP) is 3.31. The number of carbonyl (C=O) groups is 2. The number of amides is 2. The lowest BCUT2D eigenvalue weighted by molar-refractivity contribution is -0.137. The van der Waals surface area contributed by atoms with Gasteiger partial charge in [-0.3, -0.25) is 20.4 Å². The first-order valence-electron chi connectivity index (χ1n) is 6.77. The van der Waals surface area contributed by atoms with Gasteiger partial charge < -0.3 is 0 Å². The maximum atomic E-state index is 12.4. The molecular weight excluding hydrogens is 379 g/mol. The molecule has 0 saturated carbocycles.